The van der Waals surface area contributed by atoms with Crippen LogP contribution in [0.4, 0.5) is 0 Å². The first-order chi connectivity index (χ1) is 5.72. The molecule has 0 bridgehead atoms. The first-order valence-corrected chi connectivity index (χ1v) is 4.37. The minimum atomic E-state index is -0.495. The second kappa shape index (κ2) is 2.66. The number of hydrogen-bond acceptors (Lipinski definition) is 3. The van der Waals surface area contributed by atoms with E-state index in [2.05, 4.69) is 0 Å². The van der Waals surface area contributed by atoms with Gasteiger partial charge in [0.1, 0.15) is 12.1 Å². The maximum absolute atomic E-state index is 11.0. The minimum absolute atomic E-state index is 0.144. The molecule has 0 heterocycles. The number of aldehydes is 1. The summed E-state index contributed by atoms with van der Waals surface area (Å²) in [5.74, 6) is 0.401. The molecule has 2 fully saturated rings. The van der Waals surface area contributed by atoms with Gasteiger partial charge in [0, 0.05) is 18.8 Å². The Bertz CT molecular complexity index is 224. The molecule has 0 radical (unpaired) electrons. The van der Waals surface area contributed by atoms with Gasteiger partial charge in [0.15, 0.2) is 0 Å². The molecule has 0 aromatic heterocycles. The number of Topliss-reactive ketones (excluding diaryl/α,β-unsaturated/α-hetero) is 1. The molecule has 2 rings (SSSR count). The Morgan fingerprint density at radius 1 is 1.42 bits per heavy atom. The Balaban J connectivity index is 2.16. The molecule has 0 spiro atoms. The molecule has 4 atom stereocenters. The standard InChI is InChI=1S/C9H12O3/c10-4-8-7-3-6(11)1-5(7)2-9(8)12/h4-5,7-9,12H,1-3H2/t5?,7?,8-,9-/m0/s1. The van der Waals surface area contributed by atoms with E-state index in [4.69, 9.17) is 0 Å². The van der Waals surface area contributed by atoms with Crippen molar-refractivity contribution in [3.8, 4) is 0 Å². The fourth-order valence-electron chi connectivity index (χ4n) is 2.61. The van der Waals surface area contributed by atoms with Gasteiger partial charge in [0.2, 0.25) is 0 Å². The zero-order valence-electron chi connectivity index (χ0n) is 6.77. The summed E-state index contributed by atoms with van der Waals surface area (Å²) in [5.41, 5.74) is 0. The lowest BCUT2D eigenvalue weighted by Gasteiger charge is -2.12. The second-order valence-electron chi connectivity index (χ2n) is 3.89. The van der Waals surface area contributed by atoms with Crippen LogP contribution in [0.15, 0.2) is 0 Å². The maximum atomic E-state index is 11.0. The summed E-state index contributed by atoms with van der Waals surface area (Å²) < 4.78 is 0. The lowest BCUT2D eigenvalue weighted by Crippen LogP contribution is -2.20. The Morgan fingerprint density at radius 2 is 2.17 bits per heavy atom. The van der Waals surface area contributed by atoms with E-state index in [1.165, 1.54) is 0 Å². The molecule has 3 heteroatoms. The van der Waals surface area contributed by atoms with E-state index in [-0.39, 0.29) is 23.5 Å². The SMILES string of the molecule is O=C[C@H]1C2CC(=O)CC2C[C@@H]1O. The van der Waals surface area contributed by atoms with E-state index in [0.29, 0.717) is 19.3 Å². The van der Waals surface area contributed by atoms with Crippen LogP contribution in [-0.2, 0) is 9.59 Å². The van der Waals surface area contributed by atoms with Crippen LogP contribution in [0.1, 0.15) is 19.3 Å². The van der Waals surface area contributed by atoms with Crippen molar-refractivity contribution in [2.75, 3.05) is 0 Å². The van der Waals surface area contributed by atoms with Gasteiger partial charge < -0.3 is 9.90 Å². The van der Waals surface area contributed by atoms with Gasteiger partial charge in [-0.1, -0.05) is 0 Å². The van der Waals surface area contributed by atoms with Crippen molar-refractivity contribution in [1.82, 2.24) is 0 Å². The van der Waals surface area contributed by atoms with Crippen LogP contribution in [0.5, 0.6) is 0 Å². The molecular weight excluding hydrogens is 156 g/mol. The summed E-state index contributed by atoms with van der Waals surface area (Å²) in [6.07, 6.45) is 2.04. The molecule has 0 aromatic carbocycles. The van der Waals surface area contributed by atoms with Gasteiger partial charge in [0.05, 0.1) is 6.10 Å². The summed E-state index contributed by atoms with van der Waals surface area (Å²) in [7, 11) is 0. The normalized spacial score (nSPS) is 46.2. The highest BCUT2D eigenvalue weighted by Gasteiger charge is 2.47. The van der Waals surface area contributed by atoms with Gasteiger partial charge in [-0.15, -0.1) is 0 Å². The molecule has 2 unspecified atom stereocenters. The third-order valence-corrected chi connectivity index (χ3v) is 3.20. The van der Waals surface area contributed by atoms with Crippen molar-refractivity contribution in [3.05, 3.63) is 0 Å². The second-order valence-corrected chi connectivity index (χ2v) is 3.89. The number of carbonyl (C=O) groups excluding carboxylic acids is 2. The predicted octanol–water partition coefficient (Wildman–Crippen LogP) is 0.161. The third kappa shape index (κ3) is 1.00. The first kappa shape index (κ1) is 7.92. The molecule has 12 heavy (non-hydrogen) atoms. The van der Waals surface area contributed by atoms with Crippen LogP contribution < -0.4 is 0 Å². The Labute approximate surface area is 70.8 Å². The number of rotatable bonds is 1. The van der Waals surface area contributed by atoms with Crippen LogP contribution in [0.3, 0.4) is 0 Å². The molecule has 1 N–H and O–H groups in total. The number of hydrogen-bond donors (Lipinski definition) is 1. The summed E-state index contributed by atoms with van der Waals surface area (Å²) in [6.45, 7) is 0. The first-order valence-electron chi connectivity index (χ1n) is 4.37. The van der Waals surface area contributed by atoms with Crippen molar-refractivity contribution in [3.63, 3.8) is 0 Å². The molecule has 66 valence electrons. The van der Waals surface area contributed by atoms with Crippen molar-refractivity contribution >= 4 is 12.1 Å². The molecule has 3 nitrogen and oxygen atoms in total. The molecule has 2 saturated carbocycles. The zero-order chi connectivity index (χ0) is 8.72. The van der Waals surface area contributed by atoms with E-state index >= 15 is 0 Å². The zero-order valence-corrected chi connectivity index (χ0v) is 6.77. The molecular formula is C9H12O3. The van der Waals surface area contributed by atoms with Crippen LogP contribution in [0.2, 0.25) is 0 Å². The van der Waals surface area contributed by atoms with E-state index in [9.17, 15) is 14.7 Å². The highest BCUT2D eigenvalue weighted by molar-refractivity contribution is 5.82. The largest absolute Gasteiger partial charge is 0.392 e. The summed E-state index contributed by atoms with van der Waals surface area (Å²) in [6, 6.07) is 0. The van der Waals surface area contributed by atoms with Gasteiger partial charge in [-0.05, 0) is 18.3 Å². The fraction of sp³-hybridized carbons (Fsp3) is 0.778. The fourth-order valence-corrected chi connectivity index (χ4v) is 2.61. The van der Waals surface area contributed by atoms with Crippen molar-refractivity contribution in [2.45, 2.75) is 25.4 Å². The van der Waals surface area contributed by atoms with Gasteiger partial charge in [-0.25, -0.2) is 0 Å². The minimum Gasteiger partial charge on any atom is -0.392 e. The topological polar surface area (TPSA) is 54.4 Å². The van der Waals surface area contributed by atoms with Gasteiger partial charge in [-0.2, -0.15) is 0 Å². The molecule has 2 aliphatic carbocycles. The number of carbonyl (C=O) groups is 2. The maximum Gasteiger partial charge on any atom is 0.133 e. The van der Waals surface area contributed by atoms with E-state index in [1.54, 1.807) is 0 Å². The molecule has 0 amide bonds. The van der Waals surface area contributed by atoms with Crippen molar-refractivity contribution in [1.29, 1.82) is 0 Å². The van der Waals surface area contributed by atoms with Crippen LogP contribution in [0, 0.1) is 17.8 Å². The molecule has 0 saturated heterocycles. The number of fused-ring (bicyclic) bond motifs is 1. The van der Waals surface area contributed by atoms with Crippen molar-refractivity contribution in [2.24, 2.45) is 17.8 Å². The monoisotopic (exact) mass is 168 g/mol. The number of aliphatic hydroxyl groups is 1. The number of ketones is 1. The summed E-state index contributed by atoms with van der Waals surface area (Å²) >= 11 is 0. The smallest absolute Gasteiger partial charge is 0.133 e. The molecule has 2 aliphatic rings. The summed E-state index contributed by atoms with van der Waals surface area (Å²) in [5, 5.41) is 9.44. The Kier molecular flexibility index (Phi) is 1.76. The van der Waals surface area contributed by atoms with Crippen LogP contribution in [-0.4, -0.2) is 23.3 Å². The van der Waals surface area contributed by atoms with Gasteiger partial charge in [-0.3, -0.25) is 4.79 Å². The van der Waals surface area contributed by atoms with E-state index in [0.717, 1.165) is 6.29 Å². The quantitative estimate of drug-likeness (QED) is 0.567. The predicted molar refractivity (Wildman–Crippen MR) is 41.4 cm³/mol. The Morgan fingerprint density at radius 3 is 2.83 bits per heavy atom. The third-order valence-electron chi connectivity index (χ3n) is 3.20. The highest BCUT2D eigenvalue weighted by Crippen LogP contribution is 2.45. The highest BCUT2D eigenvalue weighted by atomic mass is 16.3. The van der Waals surface area contributed by atoms with Gasteiger partial charge in [0.25, 0.3) is 0 Å². The lowest BCUT2D eigenvalue weighted by atomic mass is 9.93. The van der Waals surface area contributed by atoms with Crippen LogP contribution >= 0.6 is 0 Å². The lowest BCUT2D eigenvalue weighted by molar-refractivity contribution is -0.118. The summed E-state index contributed by atoms with van der Waals surface area (Å²) in [4.78, 5) is 21.6. The van der Waals surface area contributed by atoms with Crippen LogP contribution in [0.25, 0.3) is 0 Å². The average molecular weight is 168 g/mol. The molecule has 0 aromatic rings. The van der Waals surface area contributed by atoms with Crippen molar-refractivity contribution < 1.29 is 14.7 Å². The van der Waals surface area contributed by atoms with E-state index < -0.39 is 6.10 Å². The Hall–Kier alpha value is -0.700. The number of aliphatic hydroxyl groups excluding tert-OH is 1. The van der Waals surface area contributed by atoms with E-state index in [1.807, 2.05) is 0 Å². The average Bonchev–Trinajstić information content (AvgIpc) is 2.43. The molecule has 0 aliphatic heterocycles. The van der Waals surface area contributed by atoms with Gasteiger partial charge >= 0.3 is 0 Å².